The molecule has 0 aromatic heterocycles. The Hall–Kier alpha value is -4.37. The molecule has 0 aliphatic heterocycles. The second-order valence-corrected chi connectivity index (χ2v) is 9.18. The van der Waals surface area contributed by atoms with Crippen molar-refractivity contribution in [3.05, 3.63) is 96.1 Å². The van der Waals surface area contributed by atoms with E-state index >= 15 is 0 Å². The molecule has 2 N–H and O–H groups in total. The predicted molar refractivity (Wildman–Crippen MR) is 133 cm³/mol. The van der Waals surface area contributed by atoms with Crippen LogP contribution in [0.3, 0.4) is 0 Å². The number of rotatable bonds is 6. The number of methoxy groups -OCH3 is 1. The number of hydrogen-bond donors (Lipinski definition) is 2. The van der Waals surface area contributed by atoms with Crippen molar-refractivity contribution in [2.45, 2.75) is 11.8 Å². The number of carbonyl (C=O) groups is 2. The molecule has 4 rings (SSSR count). The largest absolute Gasteiger partial charge is 0.465 e. The van der Waals surface area contributed by atoms with E-state index in [1.807, 2.05) is 19.1 Å². The molecule has 4 aromatic rings. The van der Waals surface area contributed by atoms with Gasteiger partial charge >= 0.3 is 22.1 Å². The summed E-state index contributed by atoms with van der Waals surface area (Å²) in [4.78, 5) is 24.7. The maximum Gasteiger partial charge on any atom is 0.341 e. The van der Waals surface area contributed by atoms with Crippen LogP contribution in [0.15, 0.2) is 89.8 Å². The minimum Gasteiger partial charge on any atom is -0.465 e. The summed E-state index contributed by atoms with van der Waals surface area (Å²) in [6.45, 7) is 1.93. The van der Waals surface area contributed by atoms with Gasteiger partial charge in [-0.25, -0.2) is 9.59 Å². The zero-order valence-corrected chi connectivity index (χ0v) is 19.8. The number of aryl methyl sites for hydroxylation is 1. The Balaban J connectivity index is 1.64. The average Bonchev–Trinajstić information content (AvgIpc) is 2.84. The van der Waals surface area contributed by atoms with Crippen LogP contribution in [0.1, 0.15) is 15.9 Å². The molecule has 4 aromatic carbocycles. The van der Waals surface area contributed by atoms with Gasteiger partial charge in [0.25, 0.3) is 0 Å². The number of benzene rings is 4. The highest BCUT2D eigenvalue weighted by Crippen LogP contribution is 2.30. The average molecular weight is 491 g/mol. The van der Waals surface area contributed by atoms with Crippen LogP contribution in [0.2, 0.25) is 0 Å². The third kappa shape index (κ3) is 5.42. The van der Waals surface area contributed by atoms with Crippen LogP contribution in [0.4, 0.5) is 16.2 Å². The van der Waals surface area contributed by atoms with E-state index < -0.39 is 22.1 Å². The van der Waals surface area contributed by atoms with Gasteiger partial charge in [0.15, 0.2) is 5.75 Å². The van der Waals surface area contributed by atoms with Crippen LogP contribution in [-0.2, 0) is 14.9 Å². The third-order valence-electron chi connectivity index (χ3n) is 5.17. The van der Waals surface area contributed by atoms with E-state index in [0.717, 1.165) is 5.56 Å². The fourth-order valence-corrected chi connectivity index (χ4v) is 4.62. The van der Waals surface area contributed by atoms with E-state index in [0.29, 0.717) is 16.5 Å². The van der Waals surface area contributed by atoms with Gasteiger partial charge in [-0.3, -0.25) is 0 Å². The van der Waals surface area contributed by atoms with E-state index in [4.69, 9.17) is 8.92 Å². The second kappa shape index (κ2) is 9.86. The standard InChI is InChI=1S/C26H22N2O6S/c1-17-10-12-19(13-11-17)27-26(30)28-20-14-15-22(25(29)33-2)23(16-20)34-35(31,32)24-9-5-7-18-6-3-4-8-21(18)24/h3-16H,1-2H3,(H2,27,28,30). The van der Waals surface area contributed by atoms with Crippen molar-refractivity contribution < 1.29 is 26.9 Å². The number of anilines is 2. The van der Waals surface area contributed by atoms with Gasteiger partial charge in [-0.1, -0.05) is 54.1 Å². The molecule has 0 aliphatic carbocycles. The second-order valence-electron chi connectivity index (χ2n) is 7.66. The zero-order chi connectivity index (χ0) is 25.0. The van der Waals surface area contributed by atoms with Crippen molar-refractivity contribution in [3.8, 4) is 5.75 Å². The van der Waals surface area contributed by atoms with Crippen LogP contribution < -0.4 is 14.8 Å². The summed E-state index contributed by atoms with van der Waals surface area (Å²) < 4.78 is 36.6. The maximum absolute atomic E-state index is 13.2. The van der Waals surface area contributed by atoms with Crippen LogP contribution in [0, 0.1) is 6.92 Å². The Morgan fingerprint density at radius 3 is 2.20 bits per heavy atom. The number of ether oxygens (including phenoxy) is 1. The molecule has 0 saturated heterocycles. The van der Waals surface area contributed by atoms with Crippen LogP contribution >= 0.6 is 0 Å². The number of esters is 1. The summed E-state index contributed by atoms with van der Waals surface area (Å²) in [5.41, 5.74) is 1.73. The lowest BCUT2D eigenvalue weighted by molar-refractivity contribution is 0.0599. The van der Waals surface area contributed by atoms with E-state index in [-0.39, 0.29) is 21.9 Å². The molecule has 0 aliphatic rings. The van der Waals surface area contributed by atoms with Crippen LogP contribution in [0.25, 0.3) is 10.8 Å². The first kappa shape index (κ1) is 23.8. The van der Waals surface area contributed by atoms with Gasteiger partial charge in [0.2, 0.25) is 0 Å². The fraction of sp³-hybridized carbons (Fsp3) is 0.0769. The first-order valence-corrected chi connectivity index (χ1v) is 12.0. The normalized spacial score (nSPS) is 11.0. The number of nitrogens with one attached hydrogen (secondary N) is 2. The molecule has 35 heavy (non-hydrogen) atoms. The van der Waals surface area contributed by atoms with Crippen molar-refractivity contribution in [2.75, 3.05) is 17.7 Å². The van der Waals surface area contributed by atoms with E-state index in [9.17, 15) is 18.0 Å². The predicted octanol–water partition coefficient (Wildman–Crippen LogP) is 5.35. The van der Waals surface area contributed by atoms with Gasteiger partial charge in [0, 0.05) is 22.8 Å². The van der Waals surface area contributed by atoms with Crippen molar-refractivity contribution in [3.63, 3.8) is 0 Å². The maximum atomic E-state index is 13.2. The van der Waals surface area contributed by atoms with Crippen molar-refractivity contribution >= 4 is 44.3 Å². The highest BCUT2D eigenvalue weighted by molar-refractivity contribution is 7.87. The lowest BCUT2D eigenvalue weighted by Gasteiger charge is -2.14. The van der Waals surface area contributed by atoms with Gasteiger partial charge in [-0.2, -0.15) is 8.42 Å². The number of fused-ring (bicyclic) bond motifs is 1. The van der Waals surface area contributed by atoms with Crippen molar-refractivity contribution in [1.29, 1.82) is 0 Å². The first-order chi connectivity index (χ1) is 16.8. The van der Waals surface area contributed by atoms with Gasteiger partial charge in [-0.15, -0.1) is 0 Å². The minimum absolute atomic E-state index is 0.0538. The first-order valence-electron chi connectivity index (χ1n) is 10.6. The molecule has 0 spiro atoms. The summed E-state index contributed by atoms with van der Waals surface area (Å²) in [5, 5.41) is 6.48. The van der Waals surface area contributed by atoms with Gasteiger partial charge in [-0.05, 0) is 42.6 Å². The number of amides is 2. The van der Waals surface area contributed by atoms with Gasteiger partial charge in [0.05, 0.1) is 7.11 Å². The van der Waals surface area contributed by atoms with Crippen molar-refractivity contribution in [1.82, 2.24) is 0 Å². The Morgan fingerprint density at radius 2 is 1.46 bits per heavy atom. The van der Waals surface area contributed by atoms with E-state index in [1.54, 1.807) is 48.5 Å². The molecule has 0 radical (unpaired) electrons. The summed E-state index contributed by atoms with van der Waals surface area (Å²) in [7, 11) is -3.17. The molecular weight excluding hydrogens is 468 g/mol. The number of urea groups is 1. The smallest absolute Gasteiger partial charge is 0.341 e. The molecule has 0 saturated carbocycles. The zero-order valence-electron chi connectivity index (χ0n) is 18.9. The Labute approximate surface area is 202 Å². The molecule has 178 valence electrons. The third-order valence-corrected chi connectivity index (χ3v) is 6.47. The highest BCUT2D eigenvalue weighted by Gasteiger charge is 2.24. The fourth-order valence-electron chi connectivity index (χ4n) is 3.45. The number of hydrogen-bond acceptors (Lipinski definition) is 6. The molecule has 0 unspecified atom stereocenters. The molecule has 2 amide bonds. The quantitative estimate of drug-likeness (QED) is 0.279. The lowest BCUT2D eigenvalue weighted by Crippen LogP contribution is -2.20. The molecule has 8 nitrogen and oxygen atoms in total. The molecular formula is C26H22N2O6S. The Bertz CT molecular complexity index is 1510. The van der Waals surface area contributed by atoms with E-state index in [1.165, 1.54) is 31.4 Å². The summed E-state index contributed by atoms with van der Waals surface area (Å²) in [6.07, 6.45) is 0. The van der Waals surface area contributed by atoms with Crippen LogP contribution in [-0.4, -0.2) is 27.5 Å². The molecule has 0 atom stereocenters. The Kier molecular flexibility index (Phi) is 6.70. The van der Waals surface area contributed by atoms with Crippen molar-refractivity contribution in [2.24, 2.45) is 0 Å². The highest BCUT2D eigenvalue weighted by atomic mass is 32.2. The van der Waals surface area contributed by atoms with E-state index in [2.05, 4.69) is 10.6 Å². The lowest BCUT2D eigenvalue weighted by atomic mass is 10.1. The molecule has 0 fully saturated rings. The molecule has 9 heteroatoms. The topological polar surface area (TPSA) is 111 Å². The van der Waals surface area contributed by atoms with Crippen LogP contribution in [0.5, 0.6) is 5.75 Å². The summed E-state index contributed by atoms with van der Waals surface area (Å²) >= 11 is 0. The SMILES string of the molecule is COC(=O)c1ccc(NC(=O)Nc2ccc(C)cc2)cc1OS(=O)(=O)c1cccc2ccccc12. The van der Waals surface area contributed by atoms with Gasteiger partial charge in [0.1, 0.15) is 10.5 Å². The summed E-state index contributed by atoms with van der Waals surface area (Å²) in [5.74, 6) is -1.07. The molecule has 0 bridgehead atoms. The Morgan fingerprint density at radius 1 is 0.800 bits per heavy atom. The summed E-state index contributed by atoms with van der Waals surface area (Å²) in [6, 6.07) is 22.4. The minimum atomic E-state index is -4.34. The molecule has 0 heterocycles. The monoisotopic (exact) mass is 490 g/mol. The number of carbonyl (C=O) groups excluding carboxylic acids is 2. The van der Waals surface area contributed by atoms with Gasteiger partial charge < -0.3 is 19.6 Å².